The predicted molar refractivity (Wildman–Crippen MR) is 47.5 cm³/mol. The van der Waals surface area contributed by atoms with Crippen LogP contribution in [0.1, 0.15) is 19.8 Å². The molecule has 4 N–H and O–H groups in total. The first-order chi connectivity index (χ1) is 5.43. The molecular weight excluding hydrogens is 187 g/mol. The molecule has 7 heteroatoms. The van der Waals surface area contributed by atoms with Gasteiger partial charge in [-0.2, -0.15) is 0 Å². The van der Waals surface area contributed by atoms with Gasteiger partial charge >= 0.3 is 7.25 Å². The van der Waals surface area contributed by atoms with Gasteiger partial charge < -0.3 is 28.3 Å². The maximum Gasteiger partial charge on any atom is 0.673 e. The van der Waals surface area contributed by atoms with Crippen molar-refractivity contribution >= 4 is 7.25 Å². The Kier molecular flexibility index (Phi) is 8.34. The third-order valence-electron chi connectivity index (χ3n) is 1.65. The summed E-state index contributed by atoms with van der Waals surface area (Å²) in [5.74, 6) is 0. The second-order valence-corrected chi connectivity index (χ2v) is 2.64. The molecule has 13 heavy (non-hydrogen) atoms. The zero-order valence-corrected chi connectivity index (χ0v) is 8.07. The molecule has 2 nitrogen and oxygen atoms in total. The fraction of sp³-hybridized carbons (Fsp3) is 1.00. The lowest BCUT2D eigenvalue weighted by Crippen LogP contribution is -2.17. The summed E-state index contributed by atoms with van der Waals surface area (Å²) in [6.45, 7) is 6.16. The van der Waals surface area contributed by atoms with Crippen molar-refractivity contribution in [3.63, 3.8) is 0 Å². The molecule has 0 aliphatic carbocycles. The van der Waals surface area contributed by atoms with Crippen molar-refractivity contribution in [1.82, 2.24) is 11.1 Å². The van der Waals surface area contributed by atoms with Crippen LogP contribution in [0.25, 0.3) is 0 Å². The molecule has 1 rings (SSSR count). The third-order valence-corrected chi connectivity index (χ3v) is 1.65. The summed E-state index contributed by atoms with van der Waals surface area (Å²) >= 11 is 0. The van der Waals surface area contributed by atoms with E-state index in [-0.39, 0.29) is 6.15 Å². The molecule has 0 bridgehead atoms. The van der Waals surface area contributed by atoms with Gasteiger partial charge in [-0.05, 0) is 32.5 Å². The highest BCUT2D eigenvalue weighted by atomic mass is 19.5. The van der Waals surface area contributed by atoms with Crippen LogP contribution in [-0.4, -0.2) is 31.8 Å². The minimum atomic E-state index is -6.00. The van der Waals surface area contributed by atoms with E-state index in [0.29, 0.717) is 0 Å². The molecule has 1 heterocycles. The molecule has 1 fully saturated rings. The van der Waals surface area contributed by atoms with E-state index in [0.717, 1.165) is 0 Å². The minimum absolute atomic E-state index is 0. The largest absolute Gasteiger partial charge is 0.673 e. The van der Waals surface area contributed by atoms with Crippen molar-refractivity contribution < 1.29 is 17.3 Å². The molecule has 0 unspecified atom stereocenters. The van der Waals surface area contributed by atoms with Gasteiger partial charge in [-0.3, -0.25) is 0 Å². The van der Waals surface area contributed by atoms with Crippen LogP contribution in [0.15, 0.2) is 0 Å². The lowest BCUT2D eigenvalue weighted by molar-refractivity contribution is 0.359. The Balaban J connectivity index is 0. The van der Waals surface area contributed by atoms with Crippen molar-refractivity contribution in [2.24, 2.45) is 0 Å². The highest BCUT2D eigenvalue weighted by molar-refractivity contribution is 6.50. The van der Waals surface area contributed by atoms with E-state index >= 15 is 0 Å². The molecule has 0 spiro atoms. The number of rotatable bonds is 1. The van der Waals surface area contributed by atoms with Gasteiger partial charge in [-0.1, -0.05) is 6.92 Å². The standard InChI is InChI=1S/C6H13N.BF4.H3N/c1-2-7-5-3-4-6-7;2-1(3,4)5;/h2-6H2,1H3;;1H3/q;-1;/p+1. The van der Waals surface area contributed by atoms with Crippen molar-refractivity contribution in [2.75, 3.05) is 19.6 Å². The molecule has 0 radical (unpaired) electrons. The second kappa shape index (κ2) is 7.14. The fourth-order valence-corrected chi connectivity index (χ4v) is 1.10. The number of likely N-dealkylation sites (tertiary alicyclic amines) is 1. The van der Waals surface area contributed by atoms with E-state index in [2.05, 4.69) is 11.8 Å². The van der Waals surface area contributed by atoms with Gasteiger partial charge in [0.25, 0.3) is 0 Å². The molecule has 0 aromatic rings. The summed E-state index contributed by atoms with van der Waals surface area (Å²) in [6, 6.07) is 0. The molecule has 0 amide bonds. The highest BCUT2D eigenvalue weighted by Crippen LogP contribution is 2.06. The molecule has 1 saturated heterocycles. The lowest BCUT2D eigenvalue weighted by Gasteiger charge is -2.08. The maximum absolute atomic E-state index is 9.75. The first kappa shape index (κ1) is 15.2. The number of halogens is 4. The van der Waals surface area contributed by atoms with Gasteiger partial charge in [0.1, 0.15) is 0 Å². The van der Waals surface area contributed by atoms with Crippen molar-refractivity contribution in [3.8, 4) is 0 Å². The number of nitrogens with zero attached hydrogens (tertiary/aromatic N) is 1. The van der Waals surface area contributed by atoms with E-state index in [9.17, 15) is 17.3 Å². The average molecular weight is 204 g/mol. The van der Waals surface area contributed by atoms with Crippen LogP contribution in [0, 0.1) is 0 Å². The molecule has 1 aliphatic heterocycles. The normalized spacial score (nSPS) is 17.3. The summed E-state index contributed by atoms with van der Waals surface area (Å²) in [6.07, 6.45) is 2.85. The first-order valence-corrected chi connectivity index (χ1v) is 4.03. The molecular formula is C6H17BF4N2. The van der Waals surface area contributed by atoms with E-state index < -0.39 is 7.25 Å². The van der Waals surface area contributed by atoms with Crippen molar-refractivity contribution in [1.29, 1.82) is 0 Å². The van der Waals surface area contributed by atoms with Gasteiger partial charge in [-0.15, -0.1) is 0 Å². The summed E-state index contributed by atoms with van der Waals surface area (Å²) < 4.78 is 39.0. The Morgan fingerprint density at radius 3 is 1.54 bits per heavy atom. The van der Waals surface area contributed by atoms with Gasteiger partial charge in [0, 0.05) is 0 Å². The molecule has 1 aliphatic rings. The molecule has 0 aromatic carbocycles. The summed E-state index contributed by atoms with van der Waals surface area (Å²) in [7, 11) is -6.00. The molecule has 82 valence electrons. The minimum Gasteiger partial charge on any atom is -0.418 e. The van der Waals surface area contributed by atoms with E-state index in [1.54, 1.807) is 0 Å². The average Bonchev–Trinajstić information content (AvgIpc) is 2.33. The SMILES string of the molecule is CCN1CCCC1.F[B-](F)(F)F.[NH4+]. The van der Waals surface area contributed by atoms with E-state index in [1.807, 2.05) is 0 Å². The Labute approximate surface area is 76.0 Å². The fourth-order valence-electron chi connectivity index (χ4n) is 1.10. The monoisotopic (exact) mass is 204 g/mol. The smallest absolute Gasteiger partial charge is 0.418 e. The topological polar surface area (TPSA) is 39.7 Å². The lowest BCUT2D eigenvalue weighted by atomic mass is 10.3. The maximum atomic E-state index is 9.75. The van der Waals surface area contributed by atoms with Crippen LogP contribution >= 0.6 is 0 Å². The third kappa shape index (κ3) is 14.5. The molecule has 0 aromatic heterocycles. The zero-order chi connectivity index (χ0) is 9.61. The highest BCUT2D eigenvalue weighted by Gasteiger charge is 2.20. The predicted octanol–water partition coefficient (Wildman–Crippen LogP) is 2.78. The quantitative estimate of drug-likeness (QED) is 0.517. The number of hydrogen-bond acceptors (Lipinski definition) is 1. The van der Waals surface area contributed by atoms with E-state index in [1.165, 1.54) is 32.5 Å². The van der Waals surface area contributed by atoms with Crippen LogP contribution in [-0.2, 0) is 0 Å². The summed E-state index contributed by atoms with van der Waals surface area (Å²) in [4.78, 5) is 2.49. The Morgan fingerprint density at radius 1 is 1.08 bits per heavy atom. The van der Waals surface area contributed by atoms with Gasteiger partial charge in [0.05, 0.1) is 0 Å². The van der Waals surface area contributed by atoms with Crippen LogP contribution in [0.4, 0.5) is 17.3 Å². The van der Waals surface area contributed by atoms with Gasteiger partial charge in [0.2, 0.25) is 0 Å². The Bertz CT molecular complexity index is 108. The number of quaternary nitrogens is 1. The number of hydrogen-bond donors (Lipinski definition) is 1. The van der Waals surface area contributed by atoms with Crippen LogP contribution in [0.2, 0.25) is 0 Å². The molecule has 0 saturated carbocycles. The Hall–Kier alpha value is -0.295. The van der Waals surface area contributed by atoms with Crippen LogP contribution in [0.5, 0.6) is 0 Å². The van der Waals surface area contributed by atoms with Gasteiger partial charge in [0.15, 0.2) is 0 Å². The van der Waals surface area contributed by atoms with Crippen molar-refractivity contribution in [2.45, 2.75) is 19.8 Å². The van der Waals surface area contributed by atoms with Gasteiger partial charge in [-0.25, -0.2) is 0 Å². The van der Waals surface area contributed by atoms with Crippen molar-refractivity contribution in [3.05, 3.63) is 0 Å². The zero-order valence-electron chi connectivity index (χ0n) is 8.07. The van der Waals surface area contributed by atoms with Crippen LogP contribution < -0.4 is 6.15 Å². The Morgan fingerprint density at radius 2 is 1.38 bits per heavy atom. The molecule has 0 atom stereocenters. The first-order valence-electron chi connectivity index (χ1n) is 4.03. The van der Waals surface area contributed by atoms with E-state index in [4.69, 9.17) is 0 Å². The second-order valence-electron chi connectivity index (χ2n) is 2.64. The summed E-state index contributed by atoms with van der Waals surface area (Å²) in [5.41, 5.74) is 0. The summed E-state index contributed by atoms with van der Waals surface area (Å²) in [5, 5.41) is 0. The van der Waals surface area contributed by atoms with Crippen LogP contribution in [0.3, 0.4) is 0 Å².